The highest BCUT2D eigenvalue weighted by molar-refractivity contribution is 5.85. The summed E-state index contributed by atoms with van der Waals surface area (Å²) in [5.74, 6) is 0.182. The Morgan fingerprint density at radius 2 is 1.95 bits per heavy atom. The monoisotopic (exact) mass is 357 g/mol. The lowest BCUT2D eigenvalue weighted by atomic mass is 10.1. The third-order valence-electron chi connectivity index (χ3n) is 4.02. The van der Waals surface area contributed by atoms with E-state index in [0.29, 0.717) is 6.61 Å². The van der Waals surface area contributed by atoms with E-state index in [2.05, 4.69) is 10.2 Å². The number of carbonyl (C=O) groups is 1. The maximum Gasteiger partial charge on any atom is 0.242 e. The fraction of sp³-hybridized carbons (Fsp3) is 0.929. The first-order chi connectivity index (χ1) is 9.72. The standard InChI is InChI=1S/C14H27N3O3.2ClH/c1-3-19-11-9-16-5-7-17(8-6-16)14(18)13-12(2)20-10-4-15-13;;/h12-13,15H,3-11H2,1-2H3;2*1H/t12-,13+;;/m1../s1. The quantitative estimate of drug-likeness (QED) is 0.721. The number of nitrogens with one attached hydrogen (secondary N) is 1. The second kappa shape index (κ2) is 11.4. The van der Waals surface area contributed by atoms with Crippen LogP contribution in [-0.4, -0.2) is 86.9 Å². The number of nitrogens with zero attached hydrogens (tertiary/aromatic N) is 2. The molecule has 2 saturated heterocycles. The molecule has 2 fully saturated rings. The van der Waals surface area contributed by atoms with Crippen molar-refractivity contribution in [2.75, 3.05) is 59.1 Å². The van der Waals surface area contributed by atoms with Crippen molar-refractivity contribution in [3.63, 3.8) is 0 Å². The number of hydrogen-bond acceptors (Lipinski definition) is 5. The predicted octanol–water partition coefficient (Wildman–Crippen LogP) is 0.388. The average Bonchev–Trinajstić information content (AvgIpc) is 2.48. The Hall–Kier alpha value is -0.110. The van der Waals surface area contributed by atoms with Crippen LogP contribution in [0.1, 0.15) is 13.8 Å². The summed E-state index contributed by atoms with van der Waals surface area (Å²) in [5.41, 5.74) is 0. The number of carbonyl (C=O) groups excluding carboxylic acids is 1. The van der Waals surface area contributed by atoms with Gasteiger partial charge in [-0.1, -0.05) is 0 Å². The molecule has 2 atom stereocenters. The summed E-state index contributed by atoms with van der Waals surface area (Å²) in [7, 11) is 0. The third kappa shape index (κ3) is 6.18. The highest BCUT2D eigenvalue weighted by Crippen LogP contribution is 2.10. The van der Waals surface area contributed by atoms with Crippen molar-refractivity contribution >= 4 is 30.7 Å². The number of rotatable bonds is 5. The Labute approximate surface area is 145 Å². The lowest BCUT2D eigenvalue weighted by molar-refractivity contribution is -0.141. The molecule has 1 N–H and O–H groups in total. The van der Waals surface area contributed by atoms with Crippen LogP contribution in [0.15, 0.2) is 0 Å². The van der Waals surface area contributed by atoms with Crippen molar-refractivity contribution in [3.05, 3.63) is 0 Å². The summed E-state index contributed by atoms with van der Waals surface area (Å²) in [4.78, 5) is 16.8. The Bertz CT molecular complexity index is 316. The molecule has 2 heterocycles. The molecule has 0 bridgehead atoms. The highest BCUT2D eigenvalue weighted by atomic mass is 35.5. The Morgan fingerprint density at radius 3 is 2.55 bits per heavy atom. The largest absolute Gasteiger partial charge is 0.380 e. The van der Waals surface area contributed by atoms with E-state index in [1.165, 1.54) is 0 Å². The SMILES string of the molecule is CCOCCN1CCN(C(=O)[C@H]2NCCO[C@@H]2C)CC1.Cl.Cl. The van der Waals surface area contributed by atoms with Crippen LogP contribution in [0.4, 0.5) is 0 Å². The number of ether oxygens (including phenoxy) is 2. The van der Waals surface area contributed by atoms with Gasteiger partial charge in [-0.3, -0.25) is 9.69 Å². The van der Waals surface area contributed by atoms with Crippen molar-refractivity contribution in [3.8, 4) is 0 Å². The molecule has 0 aromatic rings. The van der Waals surface area contributed by atoms with Gasteiger partial charge >= 0.3 is 0 Å². The van der Waals surface area contributed by atoms with Crippen LogP contribution >= 0.6 is 24.8 Å². The molecule has 0 unspecified atom stereocenters. The van der Waals surface area contributed by atoms with Gasteiger partial charge in [0.25, 0.3) is 0 Å². The van der Waals surface area contributed by atoms with Gasteiger partial charge in [-0.2, -0.15) is 0 Å². The molecule has 2 rings (SSSR count). The molecule has 6 nitrogen and oxygen atoms in total. The molecule has 1 amide bonds. The van der Waals surface area contributed by atoms with Gasteiger partial charge in [0, 0.05) is 45.9 Å². The van der Waals surface area contributed by atoms with Gasteiger partial charge in [0.1, 0.15) is 6.04 Å². The normalized spacial score (nSPS) is 26.0. The van der Waals surface area contributed by atoms with Gasteiger partial charge in [-0.05, 0) is 13.8 Å². The maximum absolute atomic E-state index is 12.5. The Kier molecular flexibility index (Phi) is 11.4. The lowest BCUT2D eigenvalue weighted by Crippen LogP contribution is -2.59. The van der Waals surface area contributed by atoms with Crippen molar-refractivity contribution in [1.82, 2.24) is 15.1 Å². The van der Waals surface area contributed by atoms with Crippen molar-refractivity contribution in [1.29, 1.82) is 0 Å². The molecule has 0 aromatic carbocycles. The number of piperazine rings is 1. The van der Waals surface area contributed by atoms with E-state index >= 15 is 0 Å². The molecule has 2 aliphatic rings. The van der Waals surface area contributed by atoms with E-state index in [9.17, 15) is 4.79 Å². The number of morpholine rings is 1. The number of amides is 1. The fourth-order valence-electron chi connectivity index (χ4n) is 2.74. The summed E-state index contributed by atoms with van der Waals surface area (Å²) in [5, 5.41) is 3.27. The zero-order valence-electron chi connectivity index (χ0n) is 13.5. The summed E-state index contributed by atoms with van der Waals surface area (Å²) >= 11 is 0. The smallest absolute Gasteiger partial charge is 0.242 e. The molecule has 0 aliphatic carbocycles. The first kappa shape index (κ1) is 21.9. The molecule has 2 aliphatic heterocycles. The van der Waals surface area contributed by atoms with Crippen LogP contribution < -0.4 is 5.32 Å². The number of halogens is 2. The van der Waals surface area contributed by atoms with Gasteiger partial charge < -0.3 is 19.7 Å². The van der Waals surface area contributed by atoms with Crippen LogP contribution in [0.2, 0.25) is 0 Å². The first-order valence-electron chi connectivity index (χ1n) is 7.66. The van der Waals surface area contributed by atoms with Crippen molar-refractivity contribution in [2.45, 2.75) is 26.0 Å². The second-order valence-electron chi connectivity index (χ2n) is 5.37. The fourth-order valence-corrected chi connectivity index (χ4v) is 2.74. The molecule has 8 heteroatoms. The van der Waals surface area contributed by atoms with Gasteiger partial charge in [-0.25, -0.2) is 0 Å². The van der Waals surface area contributed by atoms with Crippen LogP contribution in [-0.2, 0) is 14.3 Å². The van der Waals surface area contributed by atoms with E-state index in [0.717, 1.165) is 52.5 Å². The topological polar surface area (TPSA) is 54.0 Å². The maximum atomic E-state index is 12.5. The summed E-state index contributed by atoms with van der Waals surface area (Å²) in [6.07, 6.45) is -0.0350. The van der Waals surface area contributed by atoms with Crippen LogP contribution in [0.25, 0.3) is 0 Å². The summed E-state index contributed by atoms with van der Waals surface area (Å²) < 4.78 is 10.9. The number of hydrogen-bond donors (Lipinski definition) is 1. The highest BCUT2D eigenvalue weighted by Gasteiger charge is 2.33. The Morgan fingerprint density at radius 1 is 1.27 bits per heavy atom. The van der Waals surface area contributed by atoms with E-state index in [1.807, 2.05) is 18.7 Å². The lowest BCUT2D eigenvalue weighted by Gasteiger charge is -2.38. The van der Waals surface area contributed by atoms with Crippen LogP contribution in [0.3, 0.4) is 0 Å². The predicted molar refractivity (Wildman–Crippen MR) is 91.2 cm³/mol. The summed E-state index contributed by atoms with van der Waals surface area (Å²) in [6, 6.07) is -0.182. The molecular weight excluding hydrogens is 329 g/mol. The Balaban J connectivity index is 0.00000220. The minimum Gasteiger partial charge on any atom is -0.380 e. The molecule has 22 heavy (non-hydrogen) atoms. The molecule has 0 saturated carbocycles. The van der Waals surface area contributed by atoms with Gasteiger partial charge in [-0.15, -0.1) is 24.8 Å². The van der Waals surface area contributed by atoms with E-state index < -0.39 is 0 Å². The second-order valence-corrected chi connectivity index (χ2v) is 5.37. The molecular formula is C14H29Cl2N3O3. The van der Waals surface area contributed by atoms with Crippen LogP contribution in [0, 0.1) is 0 Å². The van der Waals surface area contributed by atoms with Crippen molar-refractivity contribution in [2.24, 2.45) is 0 Å². The van der Waals surface area contributed by atoms with E-state index in [1.54, 1.807) is 0 Å². The molecule has 0 spiro atoms. The van der Waals surface area contributed by atoms with Gasteiger partial charge in [0.2, 0.25) is 5.91 Å². The average molecular weight is 358 g/mol. The minimum atomic E-state index is -0.182. The molecule has 0 radical (unpaired) electrons. The molecule has 132 valence electrons. The minimum absolute atomic E-state index is 0. The van der Waals surface area contributed by atoms with Crippen molar-refractivity contribution < 1.29 is 14.3 Å². The van der Waals surface area contributed by atoms with E-state index in [4.69, 9.17) is 9.47 Å². The van der Waals surface area contributed by atoms with Crippen LogP contribution in [0.5, 0.6) is 0 Å². The van der Waals surface area contributed by atoms with Gasteiger partial charge in [0.15, 0.2) is 0 Å². The van der Waals surface area contributed by atoms with E-state index in [-0.39, 0.29) is 42.9 Å². The first-order valence-corrected chi connectivity index (χ1v) is 7.66. The zero-order valence-corrected chi connectivity index (χ0v) is 15.1. The zero-order chi connectivity index (χ0) is 14.4. The molecule has 0 aromatic heterocycles. The summed E-state index contributed by atoms with van der Waals surface area (Å²) in [6.45, 7) is 11.4. The third-order valence-corrected chi connectivity index (χ3v) is 4.02. The van der Waals surface area contributed by atoms with Gasteiger partial charge in [0.05, 0.1) is 19.3 Å².